The van der Waals surface area contributed by atoms with E-state index in [1.807, 2.05) is 30.6 Å². The molecule has 1 aliphatic heterocycles. The Balaban J connectivity index is 1.33. The molecule has 0 bridgehead atoms. The number of piperidine rings is 1. The molecule has 3 aromatic rings. The van der Waals surface area contributed by atoms with Crippen LogP contribution in [0.4, 0.5) is 5.69 Å². The van der Waals surface area contributed by atoms with Crippen LogP contribution in [0.2, 0.25) is 0 Å². The predicted octanol–water partition coefficient (Wildman–Crippen LogP) is 3.52. The molecule has 1 aromatic carbocycles. The van der Waals surface area contributed by atoms with Gasteiger partial charge in [0.25, 0.3) is 0 Å². The van der Waals surface area contributed by atoms with Crippen LogP contribution in [0.5, 0.6) is 0 Å². The maximum atomic E-state index is 5.08. The molecule has 6 heteroatoms. The van der Waals surface area contributed by atoms with Crippen molar-refractivity contribution in [2.45, 2.75) is 32.4 Å². The second-order valence-electron chi connectivity index (χ2n) is 6.77. The fourth-order valence-corrected chi connectivity index (χ4v) is 3.39. The van der Waals surface area contributed by atoms with Crippen molar-refractivity contribution >= 4 is 5.69 Å². The molecule has 0 spiro atoms. The topological polar surface area (TPSA) is 67.1 Å². The van der Waals surface area contributed by atoms with E-state index in [0.29, 0.717) is 17.8 Å². The molecular formula is C20H23N5O. The number of hydrogen-bond acceptors (Lipinski definition) is 6. The zero-order valence-corrected chi connectivity index (χ0v) is 14.9. The van der Waals surface area contributed by atoms with Gasteiger partial charge in [-0.25, -0.2) is 0 Å². The van der Waals surface area contributed by atoms with Crippen LogP contribution in [-0.4, -0.2) is 39.2 Å². The number of anilines is 1. The number of hydrogen-bond donors (Lipinski definition) is 1. The summed E-state index contributed by atoms with van der Waals surface area (Å²) in [6, 6.07) is 12.9. The summed E-state index contributed by atoms with van der Waals surface area (Å²) >= 11 is 0. The van der Waals surface area contributed by atoms with Gasteiger partial charge in [-0.05, 0) is 36.6 Å². The maximum Gasteiger partial charge on any atom is 0.223 e. The van der Waals surface area contributed by atoms with Gasteiger partial charge in [-0.1, -0.05) is 23.4 Å². The van der Waals surface area contributed by atoms with Gasteiger partial charge in [0.2, 0.25) is 11.7 Å². The van der Waals surface area contributed by atoms with Gasteiger partial charge >= 0.3 is 0 Å². The highest BCUT2D eigenvalue weighted by molar-refractivity contribution is 5.62. The number of nitrogens with one attached hydrogen (secondary N) is 1. The zero-order chi connectivity index (χ0) is 17.8. The summed E-state index contributed by atoms with van der Waals surface area (Å²) in [4.78, 5) is 11.0. The first-order chi connectivity index (χ1) is 12.8. The maximum absolute atomic E-state index is 5.08. The average Bonchev–Trinajstić information content (AvgIpc) is 3.11. The summed E-state index contributed by atoms with van der Waals surface area (Å²) in [6.45, 7) is 4.97. The first-order valence-corrected chi connectivity index (χ1v) is 9.05. The number of aryl methyl sites for hydroxylation is 1. The lowest BCUT2D eigenvalue weighted by atomic mass is 10.0. The predicted molar refractivity (Wildman–Crippen MR) is 101 cm³/mol. The number of likely N-dealkylation sites (tertiary alicyclic amines) is 1. The minimum absolute atomic E-state index is 0.488. The van der Waals surface area contributed by atoms with Crippen LogP contribution in [0.3, 0.4) is 0 Å². The quantitative estimate of drug-likeness (QED) is 0.760. The van der Waals surface area contributed by atoms with Gasteiger partial charge in [0, 0.05) is 56.2 Å². The molecule has 0 aliphatic carbocycles. The zero-order valence-electron chi connectivity index (χ0n) is 14.9. The van der Waals surface area contributed by atoms with Gasteiger partial charge in [-0.15, -0.1) is 0 Å². The van der Waals surface area contributed by atoms with Crippen molar-refractivity contribution in [3.63, 3.8) is 0 Å². The Bertz CT molecular complexity index is 840. The van der Waals surface area contributed by atoms with Crippen LogP contribution in [0.15, 0.2) is 53.3 Å². The number of aromatic nitrogens is 3. The Morgan fingerprint density at radius 3 is 2.81 bits per heavy atom. The molecule has 6 nitrogen and oxygen atoms in total. The lowest BCUT2D eigenvalue weighted by Crippen LogP contribution is -2.38. The minimum atomic E-state index is 0.488. The van der Waals surface area contributed by atoms with E-state index in [0.717, 1.165) is 43.7 Å². The van der Waals surface area contributed by atoms with E-state index in [1.54, 1.807) is 6.92 Å². The smallest absolute Gasteiger partial charge is 0.223 e. The number of nitrogens with zero attached hydrogens (tertiary/aromatic N) is 4. The molecule has 2 aromatic heterocycles. The monoisotopic (exact) mass is 349 g/mol. The van der Waals surface area contributed by atoms with E-state index in [2.05, 4.69) is 43.5 Å². The summed E-state index contributed by atoms with van der Waals surface area (Å²) < 4.78 is 5.08. The number of pyridine rings is 1. The van der Waals surface area contributed by atoms with Gasteiger partial charge in [-0.3, -0.25) is 9.88 Å². The Labute approximate surface area is 153 Å². The number of rotatable bonds is 5. The molecule has 1 saturated heterocycles. The molecule has 26 heavy (non-hydrogen) atoms. The molecule has 0 radical (unpaired) electrons. The van der Waals surface area contributed by atoms with Gasteiger partial charge < -0.3 is 9.84 Å². The molecule has 3 heterocycles. The van der Waals surface area contributed by atoms with Crippen molar-refractivity contribution in [2.75, 3.05) is 18.4 Å². The number of benzene rings is 1. The molecular weight excluding hydrogens is 326 g/mol. The Morgan fingerprint density at radius 2 is 2.08 bits per heavy atom. The minimum Gasteiger partial charge on any atom is -0.382 e. The molecule has 1 N–H and O–H groups in total. The second kappa shape index (κ2) is 7.66. The van der Waals surface area contributed by atoms with Gasteiger partial charge in [0.1, 0.15) is 0 Å². The summed E-state index contributed by atoms with van der Waals surface area (Å²) in [6.07, 6.45) is 6.04. The highest BCUT2D eigenvalue weighted by atomic mass is 16.5. The van der Waals surface area contributed by atoms with E-state index in [9.17, 15) is 0 Å². The first kappa shape index (κ1) is 16.7. The normalized spacial score (nSPS) is 15.9. The van der Waals surface area contributed by atoms with Crippen molar-refractivity contribution < 1.29 is 4.52 Å². The third-order valence-electron chi connectivity index (χ3n) is 4.74. The lowest BCUT2D eigenvalue weighted by Gasteiger charge is -2.32. The molecule has 4 rings (SSSR count). The summed E-state index contributed by atoms with van der Waals surface area (Å²) in [5.41, 5.74) is 3.36. The average molecular weight is 349 g/mol. The second-order valence-corrected chi connectivity index (χ2v) is 6.77. The summed E-state index contributed by atoms with van der Waals surface area (Å²) in [5, 5.41) is 7.66. The Kier molecular flexibility index (Phi) is 4.93. The highest BCUT2D eigenvalue weighted by Gasteiger charge is 2.19. The van der Waals surface area contributed by atoms with Crippen molar-refractivity contribution in [1.29, 1.82) is 0 Å². The van der Waals surface area contributed by atoms with Crippen LogP contribution in [-0.2, 0) is 6.54 Å². The van der Waals surface area contributed by atoms with Gasteiger partial charge in [0.05, 0.1) is 0 Å². The largest absolute Gasteiger partial charge is 0.382 e. The standard InChI is InChI=1S/C20H23N5O/c1-15-22-20(24-26-15)17-5-2-6-19(12-17)23-18-7-10-25(11-8-18)14-16-4-3-9-21-13-16/h2-6,9,12-13,18,23H,7-8,10-11,14H2,1H3. The van der Waals surface area contributed by atoms with E-state index in [1.165, 1.54) is 5.56 Å². The Hall–Kier alpha value is -2.73. The van der Waals surface area contributed by atoms with Crippen LogP contribution in [0, 0.1) is 6.92 Å². The molecule has 134 valence electrons. The van der Waals surface area contributed by atoms with E-state index in [-0.39, 0.29) is 0 Å². The first-order valence-electron chi connectivity index (χ1n) is 9.05. The van der Waals surface area contributed by atoms with Crippen LogP contribution >= 0.6 is 0 Å². The fourth-order valence-electron chi connectivity index (χ4n) is 3.39. The third-order valence-corrected chi connectivity index (χ3v) is 4.74. The van der Waals surface area contributed by atoms with Crippen molar-refractivity contribution in [1.82, 2.24) is 20.0 Å². The SMILES string of the molecule is Cc1nc(-c2cccc(NC3CCN(Cc4cccnc4)CC3)c2)no1. The van der Waals surface area contributed by atoms with E-state index >= 15 is 0 Å². The van der Waals surface area contributed by atoms with Crippen molar-refractivity contribution in [2.24, 2.45) is 0 Å². The van der Waals surface area contributed by atoms with E-state index in [4.69, 9.17) is 4.52 Å². The summed E-state index contributed by atoms with van der Waals surface area (Å²) in [5.74, 6) is 1.22. The molecule has 0 atom stereocenters. The summed E-state index contributed by atoms with van der Waals surface area (Å²) in [7, 11) is 0. The van der Waals surface area contributed by atoms with Crippen molar-refractivity contribution in [3.05, 3.63) is 60.2 Å². The highest BCUT2D eigenvalue weighted by Crippen LogP contribution is 2.23. The van der Waals surface area contributed by atoms with Crippen LogP contribution in [0.1, 0.15) is 24.3 Å². The Morgan fingerprint density at radius 1 is 1.19 bits per heavy atom. The molecule has 1 aliphatic rings. The van der Waals surface area contributed by atoms with Gasteiger partial charge in [0.15, 0.2) is 0 Å². The molecule has 0 saturated carbocycles. The molecule has 0 unspecified atom stereocenters. The lowest BCUT2D eigenvalue weighted by molar-refractivity contribution is 0.211. The third kappa shape index (κ3) is 4.08. The molecule has 0 amide bonds. The molecule has 1 fully saturated rings. The van der Waals surface area contributed by atoms with Gasteiger partial charge in [-0.2, -0.15) is 4.98 Å². The van der Waals surface area contributed by atoms with Crippen LogP contribution in [0.25, 0.3) is 11.4 Å². The van der Waals surface area contributed by atoms with E-state index < -0.39 is 0 Å². The van der Waals surface area contributed by atoms with Crippen LogP contribution < -0.4 is 5.32 Å². The van der Waals surface area contributed by atoms with Crippen molar-refractivity contribution in [3.8, 4) is 11.4 Å². The fraction of sp³-hybridized carbons (Fsp3) is 0.350.